The van der Waals surface area contributed by atoms with Crippen LogP contribution >= 0.6 is 11.6 Å². The van der Waals surface area contributed by atoms with Gasteiger partial charge in [-0.1, -0.05) is 41.9 Å². The molecule has 0 aromatic heterocycles. The minimum absolute atomic E-state index is 0.0778. The van der Waals surface area contributed by atoms with Gasteiger partial charge in [0.1, 0.15) is 0 Å². The number of carbonyl (C=O) groups is 2. The monoisotopic (exact) mass is 302 g/mol. The molecule has 108 valence electrons. The van der Waals surface area contributed by atoms with Crippen LogP contribution in [0.25, 0.3) is 0 Å². The lowest BCUT2D eigenvalue weighted by Crippen LogP contribution is -2.11. The number of aryl methyl sites for hydroxylation is 1. The molecule has 0 radical (unpaired) electrons. The third kappa shape index (κ3) is 3.92. The minimum Gasteiger partial charge on any atom is -0.465 e. The van der Waals surface area contributed by atoms with Gasteiger partial charge in [0, 0.05) is 17.0 Å². The second kappa shape index (κ2) is 7.04. The molecule has 3 nitrogen and oxygen atoms in total. The quantitative estimate of drug-likeness (QED) is 0.620. The molecular weight excluding hydrogens is 288 g/mol. The molecular formula is C17H15ClO3. The van der Waals surface area contributed by atoms with Crippen molar-refractivity contribution < 1.29 is 14.3 Å². The second-order valence-electron chi connectivity index (χ2n) is 4.59. The average Bonchev–Trinajstić information content (AvgIpc) is 2.53. The Balaban J connectivity index is 2.10. The Hall–Kier alpha value is -2.13. The zero-order chi connectivity index (χ0) is 15.2. The molecule has 0 unspecified atom stereocenters. The van der Waals surface area contributed by atoms with E-state index in [2.05, 4.69) is 0 Å². The largest absolute Gasteiger partial charge is 0.465 e. The SMILES string of the molecule is COC(=O)c1ccccc1C(=O)CCc1ccc(Cl)cc1. The van der Waals surface area contributed by atoms with Gasteiger partial charge in [0.05, 0.1) is 12.7 Å². The van der Waals surface area contributed by atoms with Crippen LogP contribution in [0.2, 0.25) is 5.02 Å². The molecule has 0 amide bonds. The number of hydrogen-bond acceptors (Lipinski definition) is 3. The van der Waals surface area contributed by atoms with Crippen LogP contribution in [-0.4, -0.2) is 18.9 Å². The van der Waals surface area contributed by atoms with Gasteiger partial charge in [0.15, 0.2) is 5.78 Å². The number of carbonyl (C=O) groups excluding carboxylic acids is 2. The molecule has 0 atom stereocenters. The first kappa shape index (κ1) is 15.3. The van der Waals surface area contributed by atoms with Gasteiger partial charge in [-0.3, -0.25) is 4.79 Å². The summed E-state index contributed by atoms with van der Waals surface area (Å²) in [6.07, 6.45) is 0.932. The molecule has 21 heavy (non-hydrogen) atoms. The Morgan fingerprint density at radius 3 is 2.24 bits per heavy atom. The van der Waals surface area contributed by atoms with Gasteiger partial charge < -0.3 is 4.74 Å². The van der Waals surface area contributed by atoms with Gasteiger partial charge in [0.25, 0.3) is 0 Å². The van der Waals surface area contributed by atoms with Crippen molar-refractivity contribution in [2.75, 3.05) is 7.11 Å². The summed E-state index contributed by atoms with van der Waals surface area (Å²) in [7, 11) is 1.30. The predicted molar refractivity (Wildman–Crippen MR) is 81.9 cm³/mol. The zero-order valence-corrected chi connectivity index (χ0v) is 12.4. The number of ether oxygens (including phenoxy) is 1. The Kier molecular flexibility index (Phi) is 5.12. The van der Waals surface area contributed by atoms with Crippen molar-refractivity contribution in [3.8, 4) is 0 Å². The highest BCUT2D eigenvalue weighted by molar-refractivity contribution is 6.30. The van der Waals surface area contributed by atoms with Crippen molar-refractivity contribution in [2.24, 2.45) is 0 Å². The smallest absolute Gasteiger partial charge is 0.338 e. The highest BCUT2D eigenvalue weighted by atomic mass is 35.5. The Morgan fingerprint density at radius 1 is 1.00 bits per heavy atom. The number of Topliss-reactive ketones (excluding diaryl/α,β-unsaturated/α-hetero) is 1. The van der Waals surface area contributed by atoms with E-state index in [1.807, 2.05) is 12.1 Å². The molecule has 2 aromatic carbocycles. The van der Waals surface area contributed by atoms with Gasteiger partial charge in [-0.2, -0.15) is 0 Å². The van der Waals surface area contributed by atoms with Crippen LogP contribution in [0, 0.1) is 0 Å². The van der Waals surface area contributed by atoms with Crippen molar-refractivity contribution >= 4 is 23.4 Å². The Labute approximate surface area is 128 Å². The molecule has 0 aliphatic rings. The van der Waals surface area contributed by atoms with E-state index in [4.69, 9.17) is 16.3 Å². The van der Waals surface area contributed by atoms with Gasteiger partial charge in [-0.15, -0.1) is 0 Å². The first-order valence-corrected chi connectivity index (χ1v) is 6.94. The normalized spacial score (nSPS) is 10.2. The Bertz CT molecular complexity index is 647. The maximum atomic E-state index is 12.3. The van der Waals surface area contributed by atoms with Gasteiger partial charge in [-0.25, -0.2) is 4.79 Å². The average molecular weight is 303 g/mol. The van der Waals surface area contributed by atoms with Gasteiger partial charge in [0.2, 0.25) is 0 Å². The van der Waals surface area contributed by atoms with E-state index in [0.717, 1.165) is 5.56 Å². The number of methoxy groups -OCH3 is 1. The molecule has 0 N–H and O–H groups in total. The summed E-state index contributed by atoms with van der Waals surface area (Å²) >= 11 is 5.82. The summed E-state index contributed by atoms with van der Waals surface area (Å²) in [5.41, 5.74) is 1.74. The van der Waals surface area contributed by atoms with Crippen LogP contribution < -0.4 is 0 Å². The lowest BCUT2D eigenvalue weighted by Gasteiger charge is -2.07. The van der Waals surface area contributed by atoms with Crippen molar-refractivity contribution in [3.63, 3.8) is 0 Å². The van der Waals surface area contributed by atoms with Crippen molar-refractivity contribution in [2.45, 2.75) is 12.8 Å². The topological polar surface area (TPSA) is 43.4 Å². The molecule has 0 bridgehead atoms. The number of hydrogen-bond donors (Lipinski definition) is 0. The zero-order valence-electron chi connectivity index (χ0n) is 11.6. The molecule has 2 rings (SSSR count). The van der Waals surface area contributed by atoms with Crippen LogP contribution in [0.3, 0.4) is 0 Å². The summed E-state index contributed by atoms with van der Waals surface area (Å²) in [5, 5.41) is 0.668. The van der Waals surface area contributed by atoms with E-state index in [1.165, 1.54) is 7.11 Å². The number of rotatable bonds is 5. The van der Waals surface area contributed by atoms with Crippen molar-refractivity contribution in [1.29, 1.82) is 0 Å². The molecule has 0 aliphatic heterocycles. The van der Waals surface area contributed by atoms with E-state index >= 15 is 0 Å². The van der Waals surface area contributed by atoms with Crippen LogP contribution in [0.1, 0.15) is 32.7 Å². The fraction of sp³-hybridized carbons (Fsp3) is 0.176. The van der Waals surface area contributed by atoms with Crippen LogP contribution in [0.4, 0.5) is 0 Å². The summed E-state index contributed by atoms with van der Waals surface area (Å²) in [6.45, 7) is 0. The number of benzene rings is 2. The van der Waals surface area contributed by atoms with E-state index in [9.17, 15) is 9.59 Å². The number of ketones is 1. The lowest BCUT2D eigenvalue weighted by atomic mass is 9.98. The fourth-order valence-electron chi connectivity index (χ4n) is 2.06. The highest BCUT2D eigenvalue weighted by Crippen LogP contribution is 2.16. The van der Waals surface area contributed by atoms with E-state index in [-0.39, 0.29) is 5.78 Å². The predicted octanol–water partition coefficient (Wildman–Crippen LogP) is 3.94. The highest BCUT2D eigenvalue weighted by Gasteiger charge is 2.16. The van der Waals surface area contributed by atoms with E-state index < -0.39 is 5.97 Å². The van der Waals surface area contributed by atoms with Crippen molar-refractivity contribution in [3.05, 3.63) is 70.2 Å². The van der Waals surface area contributed by atoms with E-state index in [0.29, 0.717) is 29.0 Å². The maximum Gasteiger partial charge on any atom is 0.338 e. The summed E-state index contributed by atoms with van der Waals surface area (Å²) < 4.78 is 4.70. The van der Waals surface area contributed by atoms with E-state index in [1.54, 1.807) is 36.4 Å². The molecule has 0 saturated heterocycles. The first-order chi connectivity index (χ1) is 10.1. The van der Waals surface area contributed by atoms with Gasteiger partial charge >= 0.3 is 5.97 Å². The summed E-state index contributed by atoms with van der Waals surface area (Å²) in [4.78, 5) is 24.0. The van der Waals surface area contributed by atoms with Gasteiger partial charge in [-0.05, 0) is 30.2 Å². The Morgan fingerprint density at radius 2 is 1.62 bits per heavy atom. The maximum absolute atomic E-state index is 12.3. The molecule has 0 spiro atoms. The third-order valence-electron chi connectivity index (χ3n) is 3.19. The molecule has 0 heterocycles. The molecule has 0 fully saturated rings. The molecule has 4 heteroatoms. The van der Waals surface area contributed by atoms with Crippen LogP contribution in [0.5, 0.6) is 0 Å². The number of esters is 1. The third-order valence-corrected chi connectivity index (χ3v) is 3.44. The standard InChI is InChI=1S/C17H15ClO3/c1-21-17(20)15-5-3-2-4-14(15)16(19)11-8-12-6-9-13(18)10-7-12/h2-7,9-10H,8,11H2,1H3. The summed E-state index contributed by atoms with van der Waals surface area (Å²) in [6, 6.07) is 14.1. The van der Waals surface area contributed by atoms with Crippen LogP contribution in [-0.2, 0) is 11.2 Å². The second-order valence-corrected chi connectivity index (χ2v) is 5.02. The minimum atomic E-state index is -0.495. The number of halogens is 1. The van der Waals surface area contributed by atoms with Crippen molar-refractivity contribution in [1.82, 2.24) is 0 Å². The molecule has 0 aliphatic carbocycles. The summed E-state index contributed by atoms with van der Waals surface area (Å²) in [5.74, 6) is -0.573. The lowest BCUT2D eigenvalue weighted by molar-refractivity contribution is 0.0597. The molecule has 0 saturated carbocycles. The molecule has 2 aromatic rings. The van der Waals surface area contributed by atoms with Crippen LogP contribution in [0.15, 0.2) is 48.5 Å². The fourth-order valence-corrected chi connectivity index (χ4v) is 2.18. The first-order valence-electron chi connectivity index (χ1n) is 6.57.